The minimum atomic E-state index is 0.226. The van der Waals surface area contributed by atoms with Crippen LogP contribution in [0.3, 0.4) is 0 Å². The molecule has 0 aliphatic carbocycles. The first-order chi connectivity index (χ1) is 9.66. The van der Waals surface area contributed by atoms with Crippen molar-refractivity contribution < 1.29 is 4.42 Å². The highest BCUT2D eigenvalue weighted by atomic mass is 35.5. The Kier molecular flexibility index (Phi) is 3.40. The fourth-order valence-corrected chi connectivity index (χ4v) is 2.71. The Hall–Kier alpha value is -1.94. The van der Waals surface area contributed by atoms with Crippen molar-refractivity contribution in [3.63, 3.8) is 0 Å². The number of nitrogen functional groups attached to an aromatic ring is 1. The molecule has 2 N–H and O–H groups in total. The summed E-state index contributed by atoms with van der Waals surface area (Å²) in [5, 5.41) is 0.631. The Balaban J connectivity index is 1.89. The Labute approximate surface area is 122 Å². The summed E-state index contributed by atoms with van der Waals surface area (Å²) in [6.07, 6.45) is 3.49. The highest BCUT2D eigenvalue weighted by Gasteiger charge is 2.15. The first-order valence-electron chi connectivity index (χ1n) is 6.61. The van der Waals surface area contributed by atoms with E-state index in [0.29, 0.717) is 11.0 Å². The van der Waals surface area contributed by atoms with Gasteiger partial charge in [-0.25, -0.2) is 4.98 Å². The molecule has 3 rings (SSSR count). The Morgan fingerprint density at radius 2 is 2.20 bits per heavy atom. The lowest BCUT2D eigenvalue weighted by atomic mass is 10.1. The lowest BCUT2D eigenvalue weighted by Crippen LogP contribution is -2.09. The second kappa shape index (κ2) is 5.21. The Bertz CT molecular complexity index is 718. The highest BCUT2D eigenvalue weighted by Crippen LogP contribution is 2.29. The summed E-state index contributed by atoms with van der Waals surface area (Å²) >= 11 is 6.16. The largest absolute Gasteiger partial charge is 0.469 e. The molecule has 0 saturated carbocycles. The lowest BCUT2D eigenvalue weighted by molar-refractivity contribution is 0.460. The second-order valence-electron chi connectivity index (χ2n) is 4.91. The van der Waals surface area contributed by atoms with E-state index in [2.05, 4.69) is 11.9 Å². The van der Waals surface area contributed by atoms with Crippen LogP contribution in [0.2, 0.25) is 5.02 Å². The standard InChI is InChI=1S/C15H16ClN3O/c1-10(7-8-11-4-3-9-20-11)19-13-6-2-5-12(16)14(13)18-15(19)17/h2-6,9-10H,7-8H2,1H3,(H2,17,18). The molecular weight excluding hydrogens is 274 g/mol. The van der Waals surface area contributed by atoms with Crippen molar-refractivity contribution in [3.05, 3.63) is 47.4 Å². The zero-order valence-corrected chi connectivity index (χ0v) is 12.0. The van der Waals surface area contributed by atoms with Crippen LogP contribution >= 0.6 is 11.6 Å². The molecule has 4 nitrogen and oxygen atoms in total. The molecule has 104 valence electrons. The van der Waals surface area contributed by atoms with Crippen molar-refractivity contribution in [1.29, 1.82) is 0 Å². The molecule has 0 aliphatic rings. The van der Waals surface area contributed by atoms with Gasteiger partial charge in [-0.1, -0.05) is 17.7 Å². The number of anilines is 1. The third kappa shape index (κ3) is 2.27. The van der Waals surface area contributed by atoms with Crippen LogP contribution in [0.25, 0.3) is 11.0 Å². The number of hydrogen-bond acceptors (Lipinski definition) is 3. The predicted molar refractivity (Wildman–Crippen MR) is 80.9 cm³/mol. The van der Waals surface area contributed by atoms with Crippen molar-refractivity contribution in [3.8, 4) is 0 Å². The average Bonchev–Trinajstić information content (AvgIpc) is 3.04. The van der Waals surface area contributed by atoms with E-state index < -0.39 is 0 Å². The molecule has 1 unspecified atom stereocenters. The maximum atomic E-state index is 6.16. The van der Waals surface area contributed by atoms with E-state index in [9.17, 15) is 0 Å². The predicted octanol–water partition coefficient (Wildman–Crippen LogP) is 4.06. The van der Waals surface area contributed by atoms with Gasteiger partial charge in [0.15, 0.2) is 0 Å². The number of hydrogen-bond donors (Lipinski definition) is 1. The molecule has 3 aromatic rings. The van der Waals surface area contributed by atoms with E-state index in [0.717, 1.165) is 29.6 Å². The van der Waals surface area contributed by atoms with Crippen LogP contribution in [0.4, 0.5) is 5.95 Å². The zero-order chi connectivity index (χ0) is 14.1. The summed E-state index contributed by atoms with van der Waals surface area (Å²) < 4.78 is 7.39. The fraction of sp³-hybridized carbons (Fsp3) is 0.267. The maximum Gasteiger partial charge on any atom is 0.201 e. The number of benzene rings is 1. The van der Waals surface area contributed by atoms with Crippen LogP contribution in [-0.2, 0) is 6.42 Å². The van der Waals surface area contributed by atoms with Gasteiger partial charge in [0.05, 0.1) is 16.8 Å². The molecule has 2 heterocycles. The van der Waals surface area contributed by atoms with Gasteiger partial charge in [0.2, 0.25) is 5.95 Å². The number of furan rings is 1. The normalized spacial score (nSPS) is 12.9. The van der Waals surface area contributed by atoms with Gasteiger partial charge in [-0.05, 0) is 37.6 Å². The SMILES string of the molecule is CC(CCc1ccco1)n1c(N)nc2c(Cl)cccc21. The number of nitrogens with two attached hydrogens (primary N) is 1. The van der Waals surface area contributed by atoms with Gasteiger partial charge in [0.1, 0.15) is 11.3 Å². The van der Waals surface area contributed by atoms with Crippen molar-refractivity contribution in [2.24, 2.45) is 0 Å². The smallest absolute Gasteiger partial charge is 0.201 e. The highest BCUT2D eigenvalue weighted by molar-refractivity contribution is 6.35. The fourth-order valence-electron chi connectivity index (χ4n) is 2.50. The topological polar surface area (TPSA) is 57.0 Å². The molecule has 2 aromatic heterocycles. The first-order valence-corrected chi connectivity index (χ1v) is 6.99. The van der Waals surface area contributed by atoms with Crippen LogP contribution in [0.15, 0.2) is 41.0 Å². The molecule has 0 spiro atoms. The molecule has 20 heavy (non-hydrogen) atoms. The average molecular weight is 290 g/mol. The monoisotopic (exact) mass is 289 g/mol. The molecule has 1 aromatic carbocycles. The van der Waals surface area contributed by atoms with Crippen molar-refractivity contribution in [1.82, 2.24) is 9.55 Å². The second-order valence-corrected chi connectivity index (χ2v) is 5.32. The molecule has 0 fully saturated rings. The minimum Gasteiger partial charge on any atom is -0.469 e. The third-order valence-electron chi connectivity index (χ3n) is 3.53. The summed E-state index contributed by atoms with van der Waals surface area (Å²) in [5.74, 6) is 1.48. The number of aromatic nitrogens is 2. The van der Waals surface area contributed by atoms with Crippen molar-refractivity contribution >= 4 is 28.6 Å². The summed E-state index contributed by atoms with van der Waals surface area (Å²) in [6.45, 7) is 2.13. The van der Waals surface area contributed by atoms with Crippen LogP contribution < -0.4 is 5.73 Å². The zero-order valence-electron chi connectivity index (χ0n) is 11.2. The molecule has 0 saturated heterocycles. The lowest BCUT2D eigenvalue weighted by Gasteiger charge is -2.15. The van der Waals surface area contributed by atoms with Crippen LogP contribution in [-0.4, -0.2) is 9.55 Å². The third-order valence-corrected chi connectivity index (χ3v) is 3.83. The van der Waals surface area contributed by atoms with Crippen molar-refractivity contribution in [2.75, 3.05) is 5.73 Å². The van der Waals surface area contributed by atoms with E-state index >= 15 is 0 Å². The number of imidazole rings is 1. The van der Waals surface area contributed by atoms with Gasteiger partial charge < -0.3 is 14.7 Å². The van der Waals surface area contributed by atoms with Crippen LogP contribution in [0.5, 0.6) is 0 Å². The molecule has 0 radical (unpaired) electrons. The molecule has 0 bridgehead atoms. The number of rotatable bonds is 4. The van der Waals surface area contributed by atoms with E-state index in [1.54, 1.807) is 6.26 Å². The summed E-state index contributed by atoms with van der Waals surface area (Å²) in [5.41, 5.74) is 7.78. The number of fused-ring (bicyclic) bond motifs is 1. The number of halogens is 1. The minimum absolute atomic E-state index is 0.226. The van der Waals surface area contributed by atoms with Gasteiger partial charge >= 0.3 is 0 Å². The number of nitrogens with zero attached hydrogens (tertiary/aromatic N) is 2. The number of aryl methyl sites for hydroxylation is 1. The van der Waals surface area contributed by atoms with E-state index in [4.69, 9.17) is 21.8 Å². The van der Waals surface area contributed by atoms with E-state index in [-0.39, 0.29) is 6.04 Å². The molecular formula is C15H16ClN3O. The van der Waals surface area contributed by atoms with Crippen molar-refractivity contribution in [2.45, 2.75) is 25.8 Å². The molecule has 0 aliphatic heterocycles. The van der Waals surface area contributed by atoms with Crippen LogP contribution in [0, 0.1) is 0 Å². The maximum absolute atomic E-state index is 6.16. The summed E-state index contributed by atoms with van der Waals surface area (Å²) in [4.78, 5) is 4.36. The molecule has 5 heteroatoms. The van der Waals surface area contributed by atoms with Gasteiger partial charge in [-0.15, -0.1) is 0 Å². The molecule has 0 amide bonds. The molecule has 1 atom stereocenters. The van der Waals surface area contributed by atoms with E-state index in [1.165, 1.54) is 0 Å². The van der Waals surface area contributed by atoms with Gasteiger partial charge in [0.25, 0.3) is 0 Å². The number of para-hydroxylation sites is 1. The van der Waals surface area contributed by atoms with Gasteiger partial charge in [-0.2, -0.15) is 0 Å². The Morgan fingerprint density at radius 3 is 2.95 bits per heavy atom. The van der Waals surface area contributed by atoms with E-state index in [1.807, 2.05) is 34.9 Å². The van der Waals surface area contributed by atoms with Crippen LogP contribution in [0.1, 0.15) is 25.1 Å². The summed E-state index contributed by atoms with van der Waals surface area (Å²) in [6, 6.07) is 9.85. The van der Waals surface area contributed by atoms with Gasteiger partial charge in [0, 0.05) is 12.5 Å². The summed E-state index contributed by atoms with van der Waals surface area (Å²) in [7, 11) is 0. The first kappa shape index (κ1) is 13.1. The Morgan fingerprint density at radius 1 is 1.35 bits per heavy atom. The van der Waals surface area contributed by atoms with Gasteiger partial charge in [-0.3, -0.25) is 0 Å². The quantitative estimate of drug-likeness (QED) is 0.788.